The van der Waals surface area contributed by atoms with E-state index < -0.39 is 0 Å². The minimum absolute atomic E-state index is 0.0256. The van der Waals surface area contributed by atoms with Crippen LogP contribution in [0.4, 0.5) is 0 Å². The van der Waals surface area contributed by atoms with Crippen molar-refractivity contribution in [3.05, 3.63) is 40.5 Å². The number of hydrogen-bond donors (Lipinski definition) is 0. The normalized spacial score (nSPS) is 18.7. The van der Waals surface area contributed by atoms with Crippen molar-refractivity contribution in [1.82, 2.24) is 19.9 Å². The van der Waals surface area contributed by atoms with Gasteiger partial charge in [-0.3, -0.25) is 9.59 Å². The molecule has 8 nitrogen and oxygen atoms in total. The maximum atomic E-state index is 13.0. The average Bonchev–Trinajstić information content (AvgIpc) is 3.36. The third kappa shape index (κ3) is 4.69. The summed E-state index contributed by atoms with van der Waals surface area (Å²) in [4.78, 5) is 33.4. The molecule has 1 saturated heterocycles. The number of benzene rings is 1. The average molecular weight is 447 g/mol. The largest absolute Gasteiger partial charge is 0.496 e. The van der Waals surface area contributed by atoms with Gasteiger partial charge in [0.25, 0.3) is 5.91 Å². The first-order valence-corrected chi connectivity index (χ1v) is 11.1. The summed E-state index contributed by atoms with van der Waals surface area (Å²) in [7, 11) is 1.53. The van der Waals surface area contributed by atoms with Gasteiger partial charge in [-0.25, -0.2) is 0 Å². The zero-order valence-corrected chi connectivity index (χ0v) is 18.6. The van der Waals surface area contributed by atoms with Crippen LogP contribution in [0.2, 0.25) is 5.02 Å². The van der Waals surface area contributed by atoms with Gasteiger partial charge in [-0.15, -0.1) is 0 Å². The molecule has 2 heterocycles. The molecule has 1 aliphatic carbocycles. The minimum Gasteiger partial charge on any atom is -0.496 e. The Bertz CT molecular complexity index is 959. The predicted molar refractivity (Wildman–Crippen MR) is 114 cm³/mol. The van der Waals surface area contributed by atoms with E-state index in [2.05, 4.69) is 10.1 Å². The monoisotopic (exact) mass is 446 g/mol. The lowest BCUT2D eigenvalue weighted by Crippen LogP contribution is -2.42. The number of halogens is 1. The Morgan fingerprint density at radius 1 is 1.32 bits per heavy atom. The molecule has 4 rings (SSSR count). The van der Waals surface area contributed by atoms with Crippen LogP contribution < -0.4 is 4.74 Å². The zero-order chi connectivity index (χ0) is 22.0. The molecule has 1 aromatic heterocycles. The van der Waals surface area contributed by atoms with Crippen molar-refractivity contribution in [2.45, 2.75) is 51.0 Å². The maximum absolute atomic E-state index is 13.0. The first-order valence-electron chi connectivity index (χ1n) is 10.7. The number of amides is 2. The first-order chi connectivity index (χ1) is 15.0. The lowest BCUT2D eigenvalue weighted by Gasteiger charge is -2.28. The van der Waals surface area contributed by atoms with Gasteiger partial charge in [-0.05, 0) is 37.5 Å². The summed E-state index contributed by atoms with van der Waals surface area (Å²) in [6.07, 6.45) is 4.66. The molecule has 0 bridgehead atoms. The molecule has 166 valence electrons. The smallest absolute Gasteiger partial charge is 0.257 e. The number of carbonyl (C=O) groups is 2. The molecule has 1 atom stereocenters. The highest BCUT2D eigenvalue weighted by Gasteiger charge is 2.33. The zero-order valence-electron chi connectivity index (χ0n) is 17.8. The highest BCUT2D eigenvalue weighted by atomic mass is 35.5. The molecule has 9 heteroatoms. The summed E-state index contributed by atoms with van der Waals surface area (Å²) < 4.78 is 10.7. The van der Waals surface area contributed by atoms with E-state index in [1.807, 2.05) is 4.90 Å². The van der Waals surface area contributed by atoms with Crippen molar-refractivity contribution in [2.75, 3.05) is 26.7 Å². The number of aromatic nitrogens is 2. The predicted octanol–water partition coefficient (Wildman–Crippen LogP) is 3.30. The number of likely N-dealkylation sites (tertiary alicyclic amines) is 1. The summed E-state index contributed by atoms with van der Waals surface area (Å²) in [5.41, 5.74) is 0.431. The van der Waals surface area contributed by atoms with Crippen molar-refractivity contribution < 1.29 is 18.8 Å². The number of methoxy groups -OCH3 is 1. The van der Waals surface area contributed by atoms with Crippen LogP contribution in [0.25, 0.3) is 0 Å². The molecule has 2 aliphatic rings. The molecule has 2 amide bonds. The van der Waals surface area contributed by atoms with Crippen LogP contribution in [0, 0.1) is 0 Å². The van der Waals surface area contributed by atoms with Gasteiger partial charge in [0.2, 0.25) is 11.8 Å². The molecule has 0 spiro atoms. The van der Waals surface area contributed by atoms with Crippen LogP contribution >= 0.6 is 11.6 Å². The van der Waals surface area contributed by atoms with Crippen LogP contribution in [-0.4, -0.2) is 64.5 Å². The van der Waals surface area contributed by atoms with E-state index in [1.54, 1.807) is 30.0 Å². The number of nitrogens with zero attached hydrogens (tertiary/aromatic N) is 4. The van der Waals surface area contributed by atoms with E-state index in [-0.39, 0.29) is 17.9 Å². The highest BCUT2D eigenvalue weighted by Crippen LogP contribution is 2.35. The topological polar surface area (TPSA) is 88.8 Å². The molecule has 1 aliphatic heterocycles. The Balaban J connectivity index is 1.38. The molecular weight excluding hydrogens is 420 g/mol. The van der Waals surface area contributed by atoms with Gasteiger partial charge >= 0.3 is 0 Å². The van der Waals surface area contributed by atoms with Crippen LogP contribution in [0.3, 0.4) is 0 Å². The standard InChI is InChI=1S/C22H27ClN4O4/c1-14(28)27(11-9-20-24-21(31-25-20)15-4-3-5-15)17-8-10-26(13-17)22(29)18-12-16(23)6-7-19(18)30-2/h6-7,12,15,17H,3-5,8-11,13H2,1-2H3. The van der Waals surface area contributed by atoms with Crippen molar-refractivity contribution in [3.8, 4) is 5.75 Å². The van der Waals surface area contributed by atoms with E-state index in [0.29, 0.717) is 66.4 Å². The van der Waals surface area contributed by atoms with Gasteiger partial charge < -0.3 is 19.1 Å². The van der Waals surface area contributed by atoms with Crippen molar-refractivity contribution in [1.29, 1.82) is 0 Å². The van der Waals surface area contributed by atoms with Crippen LogP contribution in [0.15, 0.2) is 22.7 Å². The second-order valence-corrected chi connectivity index (χ2v) is 8.61. The third-order valence-electron chi connectivity index (χ3n) is 6.20. The number of rotatable bonds is 7. The molecule has 0 N–H and O–H groups in total. The summed E-state index contributed by atoms with van der Waals surface area (Å²) in [6.45, 7) is 3.08. The Hall–Kier alpha value is -2.61. The second-order valence-electron chi connectivity index (χ2n) is 8.18. The molecular formula is C22H27ClN4O4. The molecule has 1 aromatic carbocycles. The lowest BCUT2D eigenvalue weighted by molar-refractivity contribution is -0.130. The summed E-state index contributed by atoms with van der Waals surface area (Å²) >= 11 is 6.08. The van der Waals surface area contributed by atoms with Crippen molar-refractivity contribution in [3.63, 3.8) is 0 Å². The minimum atomic E-state index is -0.145. The highest BCUT2D eigenvalue weighted by molar-refractivity contribution is 6.31. The molecule has 1 saturated carbocycles. The molecule has 2 fully saturated rings. The third-order valence-corrected chi connectivity index (χ3v) is 6.44. The number of hydrogen-bond acceptors (Lipinski definition) is 6. The fourth-order valence-corrected chi connectivity index (χ4v) is 4.38. The Kier molecular flexibility index (Phi) is 6.46. The van der Waals surface area contributed by atoms with E-state index in [1.165, 1.54) is 13.5 Å². The molecule has 2 aromatic rings. The van der Waals surface area contributed by atoms with Crippen molar-refractivity contribution in [2.24, 2.45) is 0 Å². The van der Waals surface area contributed by atoms with Gasteiger partial charge in [-0.1, -0.05) is 23.2 Å². The molecule has 31 heavy (non-hydrogen) atoms. The number of ether oxygens (including phenoxy) is 1. The fraction of sp³-hybridized carbons (Fsp3) is 0.545. The quantitative estimate of drug-likeness (QED) is 0.648. The Labute approximate surface area is 186 Å². The van der Waals surface area contributed by atoms with E-state index in [9.17, 15) is 9.59 Å². The summed E-state index contributed by atoms with van der Waals surface area (Å²) in [5.74, 6) is 2.05. The van der Waals surface area contributed by atoms with Gasteiger partial charge in [0.15, 0.2) is 5.82 Å². The van der Waals surface area contributed by atoms with Crippen molar-refractivity contribution >= 4 is 23.4 Å². The summed E-state index contributed by atoms with van der Waals surface area (Å²) in [5, 5.41) is 4.55. The van der Waals surface area contributed by atoms with Crippen LogP contribution in [0.5, 0.6) is 5.75 Å². The first kappa shape index (κ1) is 21.6. The van der Waals surface area contributed by atoms with Crippen LogP contribution in [-0.2, 0) is 11.2 Å². The van der Waals surface area contributed by atoms with Gasteiger partial charge in [0.05, 0.1) is 18.7 Å². The van der Waals surface area contributed by atoms with Gasteiger partial charge in [0.1, 0.15) is 5.75 Å². The van der Waals surface area contributed by atoms with Gasteiger partial charge in [0, 0.05) is 43.9 Å². The summed E-state index contributed by atoms with van der Waals surface area (Å²) in [6, 6.07) is 4.95. The Morgan fingerprint density at radius 3 is 2.81 bits per heavy atom. The maximum Gasteiger partial charge on any atom is 0.257 e. The van der Waals surface area contributed by atoms with Crippen LogP contribution in [0.1, 0.15) is 60.6 Å². The lowest BCUT2D eigenvalue weighted by atomic mass is 9.85. The van der Waals surface area contributed by atoms with E-state index in [4.69, 9.17) is 20.9 Å². The molecule has 0 radical (unpaired) electrons. The van der Waals surface area contributed by atoms with E-state index in [0.717, 1.165) is 12.8 Å². The molecule has 1 unspecified atom stereocenters. The van der Waals surface area contributed by atoms with E-state index >= 15 is 0 Å². The SMILES string of the molecule is COc1ccc(Cl)cc1C(=O)N1CCC(N(CCc2noc(C3CCC3)n2)C(C)=O)C1. The second kappa shape index (κ2) is 9.26. The Morgan fingerprint density at radius 2 is 2.13 bits per heavy atom. The van der Waals surface area contributed by atoms with Gasteiger partial charge in [-0.2, -0.15) is 4.98 Å². The fourth-order valence-electron chi connectivity index (χ4n) is 4.21. The number of carbonyl (C=O) groups excluding carboxylic acids is 2.